The summed E-state index contributed by atoms with van der Waals surface area (Å²) in [6.07, 6.45) is 1.47. The van der Waals surface area contributed by atoms with Crippen molar-refractivity contribution in [2.75, 3.05) is 5.32 Å². The van der Waals surface area contributed by atoms with Crippen molar-refractivity contribution in [2.45, 2.75) is 26.4 Å². The molecule has 0 fully saturated rings. The van der Waals surface area contributed by atoms with E-state index in [1.165, 1.54) is 0 Å². The van der Waals surface area contributed by atoms with Crippen molar-refractivity contribution < 1.29 is 9.53 Å². The zero-order valence-electron chi connectivity index (χ0n) is 15.0. The maximum absolute atomic E-state index is 11.8. The van der Waals surface area contributed by atoms with E-state index in [4.69, 9.17) is 4.74 Å². The second-order valence-corrected chi connectivity index (χ2v) is 6.95. The Morgan fingerprint density at radius 1 is 1.04 bits per heavy atom. The molecule has 0 aliphatic carbocycles. The SMILES string of the molecule is Cn1c(-c2ccc(NC(=O)OC(C)(C)C)cc2)ccc1-c1ccc[nH]1. The van der Waals surface area contributed by atoms with Gasteiger partial charge in [0.2, 0.25) is 0 Å². The molecule has 25 heavy (non-hydrogen) atoms. The quantitative estimate of drug-likeness (QED) is 0.704. The lowest BCUT2D eigenvalue weighted by Crippen LogP contribution is -2.27. The summed E-state index contributed by atoms with van der Waals surface area (Å²) in [5.41, 5.74) is 4.58. The fourth-order valence-corrected chi connectivity index (χ4v) is 2.71. The summed E-state index contributed by atoms with van der Waals surface area (Å²) in [6.45, 7) is 5.52. The van der Waals surface area contributed by atoms with E-state index >= 15 is 0 Å². The number of rotatable bonds is 3. The number of hydrogen-bond acceptors (Lipinski definition) is 2. The number of anilines is 1. The number of nitrogens with zero attached hydrogens (tertiary/aromatic N) is 1. The highest BCUT2D eigenvalue weighted by Crippen LogP contribution is 2.27. The maximum Gasteiger partial charge on any atom is 0.412 e. The molecule has 5 nitrogen and oxygen atoms in total. The molecule has 2 N–H and O–H groups in total. The number of H-pyrrole nitrogens is 1. The first-order valence-electron chi connectivity index (χ1n) is 8.23. The van der Waals surface area contributed by atoms with E-state index in [1.54, 1.807) is 0 Å². The Bertz CT molecular complexity index is 853. The monoisotopic (exact) mass is 337 g/mol. The summed E-state index contributed by atoms with van der Waals surface area (Å²) >= 11 is 0. The lowest BCUT2D eigenvalue weighted by atomic mass is 10.1. The molecule has 0 unspecified atom stereocenters. The Labute approximate surface area is 147 Å². The van der Waals surface area contributed by atoms with Crippen LogP contribution in [0.2, 0.25) is 0 Å². The van der Waals surface area contributed by atoms with Gasteiger partial charge in [0.25, 0.3) is 0 Å². The minimum atomic E-state index is -0.513. The van der Waals surface area contributed by atoms with Gasteiger partial charge in [-0.1, -0.05) is 12.1 Å². The highest BCUT2D eigenvalue weighted by molar-refractivity contribution is 5.85. The van der Waals surface area contributed by atoms with E-state index in [0.29, 0.717) is 5.69 Å². The van der Waals surface area contributed by atoms with E-state index in [9.17, 15) is 4.79 Å². The molecule has 0 spiro atoms. The number of amides is 1. The Hall–Kier alpha value is -2.95. The van der Waals surface area contributed by atoms with Crippen molar-refractivity contribution in [1.29, 1.82) is 0 Å². The van der Waals surface area contributed by atoms with Gasteiger partial charge < -0.3 is 14.3 Å². The number of benzene rings is 1. The maximum atomic E-state index is 11.8. The van der Waals surface area contributed by atoms with Gasteiger partial charge in [0.15, 0.2) is 0 Å². The molecular weight excluding hydrogens is 314 g/mol. The van der Waals surface area contributed by atoms with Gasteiger partial charge in [-0.05, 0) is 62.7 Å². The summed E-state index contributed by atoms with van der Waals surface area (Å²) in [4.78, 5) is 15.1. The Balaban J connectivity index is 1.76. The van der Waals surface area contributed by atoms with Crippen LogP contribution in [0.5, 0.6) is 0 Å². The summed E-state index contributed by atoms with van der Waals surface area (Å²) in [5.74, 6) is 0. The minimum absolute atomic E-state index is 0.451. The van der Waals surface area contributed by atoms with Gasteiger partial charge in [-0.2, -0.15) is 0 Å². The Kier molecular flexibility index (Phi) is 4.40. The molecule has 0 aliphatic rings. The summed E-state index contributed by atoms with van der Waals surface area (Å²) in [6, 6.07) is 15.9. The molecule has 0 bridgehead atoms. The van der Waals surface area contributed by atoms with Gasteiger partial charge in [-0.25, -0.2) is 4.79 Å². The van der Waals surface area contributed by atoms with Crippen molar-refractivity contribution in [3.63, 3.8) is 0 Å². The third-order valence-corrected chi connectivity index (χ3v) is 3.82. The summed E-state index contributed by atoms with van der Waals surface area (Å²) in [7, 11) is 2.04. The smallest absolute Gasteiger partial charge is 0.412 e. The second kappa shape index (κ2) is 6.51. The Morgan fingerprint density at radius 3 is 2.32 bits per heavy atom. The molecule has 0 aliphatic heterocycles. The molecule has 3 rings (SSSR count). The molecule has 0 saturated carbocycles. The van der Waals surface area contributed by atoms with Crippen LogP contribution in [0.4, 0.5) is 10.5 Å². The normalized spacial score (nSPS) is 11.4. The molecule has 0 atom stereocenters. The lowest BCUT2D eigenvalue weighted by molar-refractivity contribution is 0.0636. The zero-order chi connectivity index (χ0) is 18.0. The van der Waals surface area contributed by atoms with Gasteiger partial charge in [-0.15, -0.1) is 0 Å². The van der Waals surface area contributed by atoms with Crippen molar-refractivity contribution in [1.82, 2.24) is 9.55 Å². The lowest BCUT2D eigenvalue weighted by Gasteiger charge is -2.19. The van der Waals surface area contributed by atoms with Crippen LogP contribution >= 0.6 is 0 Å². The van der Waals surface area contributed by atoms with E-state index in [0.717, 1.165) is 22.6 Å². The molecule has 3 aromatic rings. The standard InChI is InChI=1S/C20H23N3O2/c1-20(2,3)25-19(24)22-15-9-7-14(8-10-15)17-11-12-18(23(17)4)16-6-5-13-21-16/h5-13,21H,1-4H3,(H,22,24). The molecule has 1 aromatic carbocycles. The van der Waals surface area contributed by atoms with E-state index in [-0.39, 0.29) is 0 Å². The first-order chi connectivity index (χ1) is 11.8. The molecule has 0 radical (unpaired) electrons. The van der Waals surface area contributed by atoms with Crippen LogP contribution in [0.25, 0.3) is 22.6 Å². The van der Waals surface area contributed by atoms with E-state index in [2.05, 4.69) is 27.0 Å². The first-order valence-corrected chi connectivity index (χ1v) is 8.23. The fraction of sp³-hybridized carbons (Fsp3) is 0.250. The predicted molar refractivity (Wildman–Crippen MR) is 100 cm³/mol. The van der Waals surface area contributed by atoms with Crippen molar-refractivity contribution >= 4 is 11.8 Å². The topological polar surface area (TPSA) is 59.1 Å². The molecular formula is C20H23N3O2. The summed E-state index contributed by atoms with van der Waals surface area (Å²) in [5, 5.41) is 2.75. The largest absolute Gasteiger partial charge is 0.444 e. The Morgan fingerprint density at radius 2 is 1.72 bits per heavy atom. The number of nitrogens with one attached hydrogen (secondary N) is 2. The van der Waals surface area contributed by atoms with Gasteiger partial charge in [0, 0.05) is 24.6 Å². The number of aromatic nitrogens is 2. The minimum Gasteiger partial charge on any atom is -0.444 e. The van der Waals surface area contributed by atoms with Crippen LogP contribution in [-0.4, -0.2) is 21.2 Å². The van der Waals surface area contributed by atoms with Crippen LogP contribution in [0.15, 0.2) is 54.7 Å². The zero-order valence-corrected chi connectivity index (χ0v) is 15.0. The third kappa shape index (κ3) is 3.94. The van der Waals surface area contributed by atoms with Gasteiger partial charge >= 0.3 is 6.09 Å². The fourth-order valence-electron chi connectivity index (χ4n) is 2.71. The molecule has 0 saturated heterocycles. The summed E-state index contributed by atoms with van der Waals surface area (Å²) < 4.78 is 7.40. The van der Waals surface area contributed by atoms with E-state index in [1.807, 2.05) is 70.4 Å². The molecule has 1 amide bonds. The van der Waals surface area contributed by atoms with Crippen LogP contribution in [0.1, 0.15) is 20.8 Å². The average Bonchev–Trinajstić information content (AvgIpc) is 3.15. The third-order valence-electron chi connectivity index (χ3n) is 3.82. The number of ether oxygens (including phenoxy) is 1. The highest BCUT2D eigenvalue weighted by Gasteiger charge is 2.16. The van der Waals surface area contributed by atoms with E-state index < -0.39 is 11.7 Å². The van der Waals surface area contributed by atoms with Crippen LogP contribution in [0, 0.1) is 0 Å². The van der Waals surface area contributed by atoms with Crippen molar-refractivity contribution in [3.8, 4) is 22.6 Å². The number of aromatic amines is 1. The average molecular weight is 337 g/mol. The van der Waals surface area contributed by atoms with Crippen LogP contribution < -0.4 is 5.32 Å². The molecule has 5 heteroatoms. The van der Waals surface area contributed by atoms with Crippen LogP contribution in [-0.2, 0) is 11.8 Å². The van der Waals surface area contributed by atoms with Crippen LogP contribution in [0.3, 0.4) is 0 Å². The van der Waals surface area contributed by atoms with Gasteiger partial charge in [0.05, 0.1) is 11.4 Å². The first kappa shape index (κ1) is 16.9. The highest BCUT2D eigenvalue weighted by atomic mass is 16.6. The number of carbonyl (C=O) groups is 1. The second-order valence-electron chi connectivity index (χ2n) is 6.95. The molecule has 130 valence electrons. The van der Waals surface area contributed by atoms with Crippen molar-refractivity contribution in [3.05, 3.63) is 54.7 Å². The van der Waals surface area contributed by atoms with Crippen molar-refractivity contribution in [2.24, 2.45) is 7.05 Å². The predicted octanol–water partition coefficient (Wildman–Crippen LogP) is 5.03. The van der Waals surface area contributed by atoms with Gasteiger partial charge in [0.1, 0.15) is 5.60 Å². The molecule has 2 heterocycles. The van der Waals surface area contributed by atoms with Gasteiger partial charge in [-0.3, -0.25) is 5.32 Å². The number of hydrogen-bond donors (Lipinski definition) is 2. The number of carbonyl (C=O) groups excluding carboxylic acids is 1. The molecule has 2 aromatic heterocycles.